The van der Waals surface area contributed by atoms with Crippen LogP contribution in [-0.2, 0) is 24.3 Å². The third kappa shape index (κ3) is 3.11. The zero-order valence-electron chi connectivity index (χ0n) is 10.4. The standard InChI is InChI=1S/C10H15N3O5S/c1-17-10(14)6-8-7-13(4-5-18-8)19(15,16)9-2-3-11-12-9/h2-3,8H,4-7H2,1H3,(H,11,12). The molecule has 8 nitrogen and oxygen atoms in total. The molecule has 2 rings (SSSR count). The first kappa shape index (κ1) is 14.0. The number of aromatic amines is 1. The lowest BCUT2D eigenvalue weighted by Crippen LogP contribution is -2.46. The molecule has 9 heteroatoms. The maximum atomic E-state index is 12.2. The van der Waals surface area contributed by atoms with Crippen molar-refractivity contribution in [3.05, 3.63) is 12.3 Å². The Morgan fingerprint density at radius 3 is 3.11 bits per heavy atom. The second kappa shape index (κ2) is 5.68. The Bertz CT molecular complexity index is 527. The van der Waals surface area contributed by atoms with Gasteiger partial charge in [0.2, 0.25) is 0 Å². The monoisotopic (exact) mass is 289 g/mol. The fourth-order valence-electron chi connectivity index (χ4n) is 1.83. The molecule has 0 aliphatic carbocycles. The van der Waals surface area contributed by atoms with Crippen LogP contribution in [0.25, 0.3) is 0 Å². The molecule has 0 spiro atoms. The second-order valence-corrected chi connectivity index (χ2v) is 5.96. The topological polar surface area (TPSA) is 102 Å². The molecule has 19 heavy (non-hydrogen) atoms. The number of sulfonamides is 1. The zero-order chi connectivity index (χ0) is 13.9. The first-order chi connectivity index (χ1) is 9.04. The Balaban J connectivity index is 2.07. The largest absolute Gasteiger partial charge is 0.469 e. The summed E-state index contributed by atoms with van der Waals surface area (Å²) >= 11 is 0. The predicted octanol–water partition coefficient (Wildman–Crippen LogP) is -0.638. The molecule has 106 valence electrons. The van der Waals surface area contributed by atoms with Gasteiger partial charge in [0.05, 0.1) is 32.4 Å². The highest BCUT2D eigenvalue weighted by molar-refractivity contribution is 7.89. The molecule has 1 aliphatic heterocycles. The fourth-order valence-corrected chi connectivity index (χ4v) is 3.19. The van der Waals surface area contributed by atoms with Crippen LogP contribution >= 0.6 is 0 Å². The highest BCUT2D eigenvalue weighted by Gasteiger charge is 2.32. The van der Waals surface area contributed by atoms with Gasteiger partial charge >= 0.3 is 5.97 Å². The van der Waals surface area contributed by atoms with E-state index in [9.17, 15) is 13.2 Å². The summed E-state index contributed by atoms with van der Waals surface area (Å²) in [4.78, 5) is 11.2. The van der Waals surface area contributed by atoms with E-state index in [0.29, 0.717) is 0 Å². The normalized spacial score (nSPS) is 21.2. The van der Waals surface area contributed by atoms with Crippen molar-refractivity contribution in [2.75, 3.05) is 26.8 Å². The Morgan fingerprint density at radius 1 is 1.68 bits per heavy atom. The van der Waals surface area contributed by atoms with Gasteiger partial charge < -0.3 is 9.47 Å². The van der Waals surface area contributed by atoms with Crippen molar-refractivity contribution in [3.8, 4) is 0 Å². The van der Waals surface area contributed by atoms with Crippen LogP contribution in [0.2, 0.25) is 0 Å². The van der Waals surface area contributed by atoms with E-state index in [4.69, 9.17) is 4.74 Å². The number of aromatic nitrogens is 2. The van der Waals surface area contributed by atoms with Crippen LogP contribution in [0.4, 0.5) is 0 Å². The summed E-state index contributed by atoms with van der Waals surface area (Å²) in [5.41, 5.74) is 0. The average Bonchev–Trinajstić information content (AvgIpc) is 2.93. The van der Waals surface area contributed by atoms with Crippen LogP contribution < -0.4 is 0 Å². The van der Waals surface area contributed by atoms with Crippen LogP contribution in [-0.4, -0.2) is 61.8 Å². The van der Waals surface area contributed by atoms with Gasteiger partial charge in [-0.3, -0.25) is 9.89 Å². The molecule has 0 saturated carbocycles. The number of hydrogen-bond donors (Lipinski definition) is 1. The number of nitrogens with one attached hydrogen (secondary N) is 1. The third-order valence-corrected chi connectivity index (χ3v) is 4.61. The molecule has 1 atom stereocenters. The van der Waals surface area contributed by atoms with Crippen molar-refractivity contribution in [1.82, 2.24) is 14.5 Å². The van der Waals surface area contributed by atoms with Crippen LogP contribution in [0.1, 0.15) is 6.42 Å². The maximum absolute atomic E-state index is 12.2. The number of methoxy groups -OCH3 is 1. The van der Waals surface area contributed by atoms with Crippen LogP contribution in [0, 0.1) is 0 Å². The Hall–Kier alpha value is -1.45. The van der Waals surface area contributed by atoms with Gasteiger partial charge in [0.15, 0.2) is 5.03 Å². The number of rotatable bonds is 4. The van der Waals surface area contributed by atoms with Crippen molar-refractivity contribution in [1.29, 1.82) is 0 Å². The number of hydrogen-bond acceptors (Lipinski definition) is 6. The van der Waals surface area contributed by atoms with Crippen molar-refractivity contribution < 1.29 is 22.7 Å². The van der Waals surface area contributed by atoms with Gasteiger partial charge in [0.25, 0.3) is 10.0 Å². The van der Waals surface area contributed by atoms with Gasteiger partial charge in [-0.15, -0.1) is 0 Å². The van der Waals surface area contributed by atoms with Gasteiger partial charge in [0.1, 0.15) is 0 Å². The van der Waals surface area contributed by atoms with E-state index in [2.05, 4.69) is 14.9 Å². The van der Waals surface area contributed by atoms with E-state index >= 15 is 0 Å². The Morgan fingerprint density at radius 2 is 2.47 bits per heavy atom. The van der Waals surface area contributed by atoms with Crippen molar-refractivity contribution in [2.24, 2.45) is 0 Å². The van der Waals surface area contributed by atoms with Crippen molar-refractivity contribution in [2.45, 2.75) is 17.6 Å². The molecule has 1 saturated heterocycles. The minimum atomic E-state index is -3.61. The molecule has 0 radical (unpaired) electrons. The number of nitrogens with zero attached hydrogens (tertiary/aromatic N) is 2. The Labute approximate surface area is 110 Å². The average molecular weight is 289 g/mol. The van der Waals surface area contributed by atoms with Gasteiger partial charge in [-0.1, -0.05) is 0 Å². The first-order valence-electron chi connectivity index (χ1n) is 5.72. The van der Waals surface area contributed by atoms with Gasteiger partial charge in [0, 0.05) is 13.1 Å². The van der Waals surface area contributed by atoms with E-state index in [1.54, 1.807) is 0 Å². The minimum Gasteiger partial charge on any atom is -0.469 e. The zero-order valence-corrected chi connectivity index (χ0v) is 11.2. The first-order valence-corrected chi connectivity index (χ1v) is 7.16. The molecule has 0 amide bonds. The second-order valence-electron chi connectivity index (χ2n) is 4.06. The summed E-state index contributed by atoms with van der Waals surface area (Å²) < 4.78 is 35.6. The third-order valence-electron chi connectivity index (χ3n) is 2.82. The molecular formula is C10H15N3O5S. The van der Waals surface area contributed by atoms with Gasteiger partial charge in [-0.2, -0.15) is 9.40 Å². The number of ether oxygens (including phenoxy) is 2. The number of carbonyl (C=O) groups excluding carboxylic acids is 1. The number of carbonyl (C=O) groups is 1. The molecule has 1 N–H and O–H groups in total. The van der Waals surface area contributed by atoms with E-state index in [1.807, 2.05) is 0 Å². The van der Waals surface area contributed by atoms with E-state index < -0.39 is 22.1 Å². The Kier molecular flexibility index (Phi) is 4.17. The molecule has 1 fully saturated rings. The lowest BCUT2D eigenvalue weighted by molar-refractivity contribution is -0.145. The lowest BCUT2D eigenvalue weighted by atomic mass is 10.2. The highest BCUT2D eigenvalue weighted by Crippen LogP contribution is 2.18. The van der Waals surface area contributed by atoms with Crippen LogP contribution in [0.15, 0.2) is 17.3 Å². The number of esters is 1. The summed E-state index contributed by atoms with van der Waals surface area (Å²) in [5.74, 6) is -0.425. The van der Waals surface area contributed by atoms with Crippen LogP contribution in [0.3, 0.4) is 0 Å². The van der Waals surface area contributed by atoms with E-state index in [1.165, 1.54) is 23.7 Å². The molecule has 1 aliphatic rings. The number of H-pyrrole nitrogens is 1. The summed E-state index contributed by atoms with van der Waals surface area (Å²) in [6.07, 6.45) is 0.920. The highest BCUT2D eigenvalue weighted by atomic mass is 32.2. The molecule has 1 unspecified atom stereocenters. The maximum Gasteiger partial charge on any atom is 0.308 e. The van der Waals surface area contributed by atoms with E-state index in [0.717, 1.165) is 0 Å². The summed E-state index contributed by atoms with van der Waals surface area (Å²) in [6, 6.07) is 1.39. The van der Waals surface area contributed by atoms with Crippen molar-refractivity contribution >= 4 is 16.0 Å². The molecule has 0 aromatic carbocycles. The molecule has 0 bridgehead atoms. The fraction of sp³-hybridized carbons (Fsp3) is 0.600. The SMILES string of the molecule is COC(=O)CC1CN(S(=O)(=O)c2ccn[nH]2)CCO1. The summed E-state index contributed by atoms with van der Waals surface area (Å²) in [5, 5.41) is 6.09. The quantitative estimate of drug-likeness (QED) is 0.740. The molecule has 1 aromatic rings. The number of morpholine rings is 1. The minimum absolute atomic E-state index is 0.0332. The predicted molar refractivity (Wildman–Crippen MR) is 63.7 cm³/mol. The van der Waals surface area contributed by atoms with Gasteiger partial charge in [-0.25, -0.2) is 8.42 Å². The molecular weight excluding hydrogens is 274 g/mol. The summed E-state index contributed by atoms with van der Waals surface area (Å²) in [7, 11) is -2.33. The smallest absolute Gasteiger partial charge is 0.308 e. The molecule has 2 heterocycles. The van der Waals surface area contributed by atoms with E-state index in [-0.39, 0.29) is 31.1 Å². The molecule has 1 aromatic heterocycles. The van der Waals surface area contributed by atoms with Crippen molar-refractivity contribution in [3.63, 3.8) is 0 Å². The summed E-state index contributed by atoms with van der Waals surface area (Å²) in [6.45, 7) is 0.616. The van der Waals surface area contributed by atoms with Crippen LogP contribution in [0.5, 0.6) is 0 Å². The van der Waals surface area contributed by atoms with Gasteiger partial charge in [-0.05, 0) is 6.07 Å². The lowest BCUT2D eigenvalue weighted by Gasteiger charge is -2.31.